The Hall–Kier alpha value is -3.32. The molecule has 0 heterocycles. The molecule has 0 saturated carbocycles. The van der Waals surface area contributed by atoms with Crippen LogP contribution in [0.1, 0.15) is 5.56 Å². The van der Waals surface area contributed by atoms with Gasteiger partial charge in [-0.25, -0.2) is 0 Å². The van der Waals surface area contributed by atoms with Crippen molar-refractivity contribution in [2.24, 2.45) is 0 Å². The standard InChI is InChI=1S/C24H21N/c1-3-20(21-10-6-4-7-11-21)18-19(2)25-24-16-14-23(15-17-24)22-12-8-5-9-13-22/h3-18,25H,1-2H2/b20-18+. The number of nitrogens with one attached hydrogen (secondary N) is 1. The van der Waals surface area contributed by atoms with Crippen LogP contribution in [0.5, 0.6) is 0 Å². The van der Waals surface area contributed by atoms with Crippen molar-refractivity contribution in [2.45, 2.75) is 0 Å². The average molecular weight is 323 g/mol. The molecule has 0 fully saturated rings. The summed E-state index contributed by atoms with van der Waals surface area (Å²) in [6.07, 6.45) is 3.86. The van der Waals surface area contributed by atoms with Gasteiger partial charge in [0.05, 0.1) is 0 Å². The number of allylic oxidation sites excluding steroid dienone is 3. The molecule has 0 spiro atoms. The first-order valence-corrected chi connectivity index (χ1v) is 8.27. The lowest BCUT2D eigenvalue weighted by atomic mass is 10.0. The predicted molar refractivity (Wildman–Crippen MR) is 109 cm³/mol. The van der Waals surface area contributed by atoms with E-state index < -0.39 is 0 Å². The maximum atomic E-state index is 4.11. The summed E-state index contributed by atoms with van der Waals surface area (Å²) in [5.74, 6) is 0. The Morgan fingerprint density at radius 3 is 1.88 bits per heavy atom. The second-order valence-electron chi connectivity index (χ2n) is 5.76. The highest BCUT2D eigenvalue weighted by Gasteiger charge is 2.00. The highest BCUT2D eigenvalue weighted by atomic mass is 14.9. The van der Waals surface area contributed by atoms with Crippen LogP contribution in [0.2, 0.25) is 0 Å². The minimum Gasteiger partial charge on any atom is -0.356 e. The molecule has 0 aliphatic heterocycles. The van der Waals surface area contributed by atoms with Gasteiger partial charge in [-0.15, -0.1) is 0 Å². The van der Waals surface area contributed by atoms with Crippen LogP contribution in [-0.2, 0) is 0 Å². The molecule has 25 heavy (non-hydrogen) atoms. The van der Waals surface area contributed by atoms with Crippen LogP contribution >= 0.6 is 0 Å². The molecule has 0 aliphatic rings. The monoisotopic (exact) mass is 323 g/mol. The van der Waals surface area contributed by atoms with Crippen LogP contribution in [0.4, 0.5) is 5.69 Å². The van der Waals surface area contributed by atoms with Gasteiger partial charge in [0, 0.05) is 11.4 Å². The lowest BCUT2D eigenvalue weighted by Gasteiger charge is -2.09. The van der Waals surface area contributed by atoms with Gasteiger partial charge < -0.3 is 5.32 Å². The third kappa shape index (κ3) is 4.36. The molecule has 0 radical (unpaired) electrons. The molecule has 3 rings (SSSR count). The van der Waals surface area contributed by atoms with Gasteiger partial charge in [-0.1, -0.05) is 92.0 Å². The summed E-state index contributed by atoms with van der Waals surface area (Å²) in [6.45, 7) is 8.01. The zero-order valence-electron chi connectivity index (χ0n) is 14.2. The van der Waals surface area contributed by atoms with Crippen LogP contribution in [0, 0.1) is 0 Å². The molecule has 0 aliphatic carbocycles. The van der Waals surface area contributed by atoms with Crippen LogP contribution in [0.25, 0.3) is 16.7 Å². The molecule has 0 amide bonds. The third-order valence-corrected chi connectivity index (χ3v) is 3.95. The average Bonchev–Trinajstić information content (AvgIpc) is 2.68. The van der Waals surface area contributed by atoms with E-state index in [1.54, 1.807) is 0 Å². The summed E-state index contributed by atoms with van der Waals surface area (Å²) in [7, 11) is 0. The molecular weight excluding hydrogens is 302 g/mol. The minimum atomic E-state index is 0.825. The van der Waals surface area contributed by atoms with E-state index in [1.807, 2.05) is 36.4 Å². The van der Waals surface area contributed by atoms with Crippen LogP contribution < -0.4 is 5.32 Å². The Morgan fingerprint density at radius 2 is 1.28 bits per heavy atom. The number of anilines is 1. The highest BCUT2D eigenvalue weighted by Crippen LogP contribution is 2.22. The van der Waals surface area contributed by atoms with Crippen LogP contribution in [-0.4, -0.2) is 0 Å². The number of hydrogen-bond acceptors (Lipinski definition) is 1. The molecule has 0 bridgehead atoms. The second kappa shape index (κ2) is 7.98. The molecule has 1 nitrogen and oxygen atoms in total. The first-order valence-electron chi connectivity index (χ1n) is 8.27. The summed E-state index contributed by atoms with van der Waals surface area (Å²) < 4.78 is 0. The molecule has 1 N–H and O–H groups in total. The Kier molecular flexibility index (Phi) is 5.28. The third-order valence-electron chi connectivity index (χ3n) is 3.95. The lowest BCUT2D eigenvalue weighted by Crippen LogP contribution is -1.96. The maximum absolute atomic E-state index is 4.11. The van der Waals surface area contributed by atoms with Gasteiger partial charge in [-0.2, -0.15) is 0 Å². The van der Waals surface area contributed by atoms with Crippen molar-refractivity contribution in [3.8, 4) is 11.1 Å². The zero-order valence-corrected chi connectivity index (χ0v) is 14.2. The van der Waals surface area contributed by atoms with Crippen molar-refractivity contribution in [3.63, 3.8) is 0 Å². The normalized spacial score (nSPS) is 11.0. The fraction of sp³-hybridized carbons (Fsp3) is 0. The molecule has 0 aromatic heterocycles. The van der Waals surface area contributed by atoms with Crippen molar-refractivity contribution in [3.05, 3.63) is 121 Å². The van der Waals surface area contributed by atoms with Gasteiger partial charge in [-0.05, 0) is 40.5 Å². The largest absolute Gasteiger partial charge is 0.356 e. The highest BCUT2D eigenvalue weighted by molar-refractivity contribution is 5.76. The first kappa shape index (κ1) is 16.5. The van der Waals surface area contributed by atoms with E-state index >= 15 is 0 Å². The van der Waals surface area contributed by atoms with E-state index in [4.69, 9.17) is 0 Å². The Labute approximate surface area is 149 Å². The molecule has 3 aromatic carbocycles. The molecular formula is C24H21N. The van der Waals surface area contributed by atoms with Crippen molar-refractivity contribution < 1.29 is 0 Å². The van der Waals surface area contributed by atoms with Crippen molar-refractivity contribution in [2.75, 3.05) is 5.32 Å². The van der Waals surface area contributed by atoms with Gasteiger partial charge in [0.2, 0.25) is 0 Å². The SMILES string of the molecule is C=C/C(=C\C(=C)Nc1ccc(-c2ccccc2)cc1)c1ccccc1. The van der Waals surface area contributed by atoms with Gasteiger partial charge in [-0.3, -0.25) is 0 Å². The molecule has 0 unspecified atom stereocenters. The van der Waals surface area contributed by atoms with E-state index in [9.17, 15) is 0 Å². The Bertz CT molecular complexity index is 872. The van der Waals surface area contributed by atoms with E-state index in [1.165, 1.54) is 11.1 Å². The van der Waals surface area contributed by atoms with Crippen molar-refractivity contribution in [1.29, 1.82) is 0 Å². The maximum Gasteiger partial charge on any atom is 0.0384 e. The topological polar surface area (TPSA) is 12.0 Å². The summed E-state index contributed by atoms with van der Waals surface area (Å²) in [5, 5.41) is 3.34. The summed E-state index contributed by atoms with van der Waals surface area (Å²) >= 11 is 0. The van der Waals surface area contributed by atoms with Crippen molar-refractivity contribution >= 4 is 11.3 Å². The van der Waals surface area contributed by atoms with Crippen LogP contribution in [0.15, 0.2) is 116 Å². The quantitative estimate of drug-likeness (QED) is 0.507. The van der Waals surface area contributed by atoms with Gasteiger partial charge in [0.1, 0.15) is 0 Å². The van der Waals surface area contributed by atoms with Crippen molar-refractivity contribution in [1.82, 2.24) is 0 Å². The zero-order chi connectivity index (χ0) is 17.5. The number of benzene rings is 3. The molecule has 0 saturated heterocycles. The summed E-state index contributed by atoms with van der Waals surface area (Å²) in [6, 6.07) is 28.9. The molecule has 122 valence electrons. The number of hydrogen-bond donors (Lipinski definition) is 1. The number of rotatable bonds is 6. The molecule has 3 aromatic rings. The van der Waals surface area contributed by atoms with Crippen LogP contribution in [0.3, 0.4) is 0 Å². The fourth-order valence-electron chi connectivity index (χ4n) is 2.68. The fourth-order valence-corrected chi connectivity index (χ4v) is 2.68. The van der Waals surface area contributed by atoms with E-state index in [0.29, 0.717) is 0 Å². The first-order chi connectivity index (χ1) is 12.3. The van der Waals surface area contributed by atoms with E-state index in [-0.39, 0.29) is 0 Å². The summed E-state index contributed by atoms with van der Waals surface area (Å²) in [4.78, 5) is 0. The van der Waals surface area contributed by atoms with E-state index in [2.05, 4.69) is 79.1 Å². The van der Waals surface area contributed by atoms with E-state index in [0.717, 1.165) is 22.5 Å². The lowest BCUT2D eigenvalue weighted by molar-refractivity contribution is 1.49. The van der Waals surface area contributed by atoms with Gasteiger partial charge in [0.15, 0.2) is 0 Å². The molecule has 1 heteroatoms. The minimum absolute atomic E-state index is 0.825. The van der Waals surface area contributed by atoms with Gasteiger partial charge in [0.25, 0.3) is 0 Å². The Balaban J connectivity index is 1.72. The van der Waals surface area contributed by atoms with Gasteiger partial charge >= 0.3 is 0 Å². The summed E-state index contributed by atoms with van der Waals surface area (Å²) in [5.41, 5.74) is 6.41. The predicted octanol–water partition coefficient (Wildman–Crippen LogP) is 6.55. The molecule has 0 atom stereocenters. The second-order valence-corrected chi connectivity index (χ2v) is 5.76. The Morgan fingerprint density at radius 1 is 0.720 bits per heavy atom. The smallest absolute Gasteiger partial charge is 0.0384 e.